The molecule has 0 saturated heterocycles. The molecular formula is C19H28FNO2. The maximum Gasteiger partial charge on any atom is 0.126 e. The van der Waals surface area contributed by atoms with Gasteiger partial charge in [0.05, 0.1) is 12.2 Å². The van der Waals surface area contributed by atoms with Gasteiger partial charge in [-0.1, -0.05) is 38.2 Å². The van der Waals surface area contributed by atoms with E-state index < -0.39 is 23.3 Å². The molecule has 0 amide bonds. The van der Waals surface area contributed by atoms with E-state index in [1.807, 2.05) is 19.1 Å². The Balaban J connectivity index is 1.78. The van der Waals surface area contributed by atoms with Gasteiger partial charge in [0.1, 0.15) is 5.67 Å². The maximum absolute atomic E-state index is 16.4. The fourth-order valence-electron chi connectivity index (χ4n) is 6.12. The van der Waals surface area contributed by atoms with Crippen molar-refractivity contribution in [1.29, 1.82) is 0 Å². The van der Waals surface area contributed by atoms with Gasteiger partial charge in [0.2, 0.25) is 0 Å². The predicted octanol–water partition coefficient (Wildman–Crippen LogP) is 2.33. The molecule has 128 valence electrons. The molecule has 4 rings (SSSR count). The van der Waals surface area contributed by atoms with Gasteiger partial charge in [0.25, 0.3) is 0 Å². The number of fused-ring (bicyclic) bond motifs is 5. The largest absolute Gasteiger partial charge is 0.391 e. The first-order valence-electron chi connectivity index (χ1n) is 8.91. The summed E-state index contributed by atoms with van der Waals surface area (Å²) >= 11 is 0. The van der Waals surface area contributed by atoms with Crippen molar-refractivity contribution in [3.8, 4) is 0 Å². The third-order valence-electron chi connectivity index (χ3n) is 7.88. The van der Waals surface area contributed by atoms with Gasteiger partial charge >= 0.3 is 0 Å². The van der Waals surface area contributed by atoms with E-state index in [2.05, 4.69) is 13.0 Å². The van der Waals surface area contributed by atoms with Gasteiger partial charge in [-0.15, -0.1) is 0 Å². The second-order valence-electron chi connectivity index (χ2n) is 8.77. The van der Waals surface area contributed by atoms with Crippen LogP contribution in [0.15, 0.2) is 24.3 Å². The number of hydrogen-bond acceptors (Lipinski definition) is 3. The van der Waals surface area contributed by atoms with Gasteiger partial charge in [-0.25, -0.2) is 4.39 Å². The van der Waals surface area contributed by atoms with Gasteiger partial charge in [0, 0.05) is 17.4 Å². The third-order valence-corrected chi connectivity index (χ3v) is 7.88. The number of aliphatic hydroxyl groups is 2. The van der Waals surface area contributed by atoms with E-state index in [0.29, 0.717) is 19.3 Å². The number of halogens is 1. The fraction of sp³-hybridized carbons (Fsp3) is 0.789. The first-order chi connectivity index (χ1) is 10.7. The Kier molecular flexibility index (Phi) is 3.21. The monoisotopic (exact) mass is 321 g/mol. The lowest BCUT2D eigenvalue weighted by Gasteiger charge is -2.60. The molecule has 0 radical (unpaired) electrons. The summed E-state index contributed by atoms with van der Waals surface area (Å²) in [5, 5.41) is 20.2. The highest BCUT2D eigenvalue weighted by atomic mass is 19.1. The zero-order valence-corrected chi connectivity index (χ0v) is 14.0. The molecule has 4 aliphatic rings. The van der Waals surface area contributed by atoms with Crippen molar-refractivity contribution >= 4 is 0 Å². The number of aliphatic hydroxyl groups excluding tert-OH is 2. The Morgan fingerprint density at radius 2 is 1.83 bits per heavy atom. The van der Waals surface area contributed by atoms with Crippen molar-refractivity contribution in [1.82, 2.24) is 0 Å². The van der Waals surface area contributed by atoms with E-state index in [1.54, 1.807) is 6.08 Å². The number of nitrogens with two attached hydrogens (primary N) is 1. The summed E-state index contributed by atoms with van der Waals surface area (Å²) in [5.41, 5.74) is 4.18. The van der Waals surface area contributed by atoms with Gasteiger partial charge in [-0.05, 0) is 42.9 Å². The van der Waals surface area contributed by atoms with E-state index in [9.17, 15) is 10.2 Å². The molecule has 3 nitrogen and oxygen atoms in total. The van der Waals surface area contributed by atoms with Crippen LogP contribution in [-0.4, -0.2) is 34.1 Å². The second kappa shape index (κ2) is 4.68. The van der Waals surface area contributed by atoms with Crippen LogP contribution >= 0.6 is 0 Å². The smallest absolute Gasteiger partial charge is 0.126 e. The average Bonchev–Trinajstić information content (AvgIpc) is 2.73. The van der Waals surface area contributed by atoms with Gasteiger partial charge < -0.3 is 15.9 Å². The van der Waals surface area contributed by atoms with Crippen molar-refractivity contribution in [2.45, 2.75) is 63.4 Å². The quantitative estimate of drug-likeness (QED) is 0.600. The van der Waals surface area contributed by atoms with E-state index in [1.165, 1.54) is 0 Å². The molecule has 4 aliphatic carbocycles. The Labute approximate surface area is 137 Å². The third kappa shape index (κ3) is 1.80. The van der Waals surface area contributed by atoms with Crippen LogP contribution in [0.2, 0.25) is 0 Å². The molecular weight excluding hydrogens is 293 g/mol. The number of hydrogen-bond donors (Lipinski definition) is 3. The summed E-state index contributed by atoms with van der Waals surface area (Å²) in [7, 11) is 0. The molecule has 0 aromatic carbocycles. The van der Waals surface area contributed by atoms with E-state index in [4.69, 9.17) is 5.73 Å². The van der Waals surface area contributed by atoms with Crippen LogP contribution in [0.1, 0.15) is 39.5 Å². The summed E-state index contributed by atoms with van der Waals surface area (Å²) in [6.07, 6.45) is 9.18. The normalized spacial score (nSPS) is 61.0. The molecule has 0 aromatic rings. The molecule has 0 heterocycles. The molecule has 23 heavy (non-hydrogen) atoms. The average molecular weight is 321 g/mol. The van der Waals surface area contributed by atoms with Crippen molar-refractivity contribution in [2.75, 3.05) is 0 Å². The predicted molar refractivity (Wildman–Crippen MR) is 87.3 cm³/mol. The van der Waals surface area contributed by atoms with Crippen LogP contribution in [-0.2, 0) is 0 Å². The molecule has 2 saturated carbocycles. The lowest BCUT2D eigenvalue weighted by Crippen LogP contribution is -2.61. The Bertz CT molecular complexity index is 578. The fourth-order valence-corrected chi connectivity index (χ4v) is 6.12. The minimum absolute atomic E-state index is 0.0353. The first kappa shape index (κ1) is 15.8. The van der Waals surface area contributed by atoms with Crippen LogP contribution in [0.4, 0.5) is 4.39 Å². The van der Waals surface area contributed by atoms with Gasteiger partial charge in [-0.2, -0.15) is 0 Å². The van der Waals surface area contributed by atoms with Crippen LogP contribution in [0, 0.1) is 28.6 Å². The van der Waals surface area contributed by atoms with Crippen LogP contribution in [0.5, 0.6) is 0 Å². The maximum atomic E-state index is 16.4. The highest BCUT2D eigenvalue weighted by molar-refractivity contribution is 5.30. The lowest BCUT2D eigenvalue weighted by atomic mass is 9.46. The summed E-state index contributed by atoms with van der Waals surface area (Å²) < 4.78 is 16.4. The Morgan fingerprint density at radius 3 is 2.57 bits per heavy atom. The standard InChI is InChI=1S/C19H28FNO2/c1-17-7-8-19(20)13(14(17)10-15(23)16(17)21)4-3-11-9-12(22)5-6-18(11,19)2/h3-6,11-16,22-23H,7-10,21H2,1-2H3/t11?,12-,13+,14+,15-,16+,17+,18+,19+/m1/s1. The SMILES string of the molecule is C[C@]12CC[C@]3(F)[C@@H](C=CC4C[C@H](O)C=C[C@@]43C)[C@@H]1C[C@@H](O)[C@@H]2N. The molecule has 0 aromatic heterocycles. The van der Waals surface area contributed by atoms with E-state index in [0.717, 1.165) is 6.42 Å². The molecule has 9 atom stereocenters. The minimum Gasteiger partial charge on any atom is -0.391 e. The van der Waals surface area contributed by atoms with Crippen molar-refractivity contribution < 1.29 is 14.6 Å². The van der Waals surface area contributed by atoms with Gasteiger partial charge in [-0.3, -0.25) is 0 Å². The topological polar surface area (TPSA) is 66.5 Å². The zero-order valence-electron chi connectivity index (χ0n) is 14.0. The summed E-state index contributed by atoms with van der Waals surface area (Å²) in [4.78, 5) is 0. The Morgan fingerprint density at radius 1 is 1.09 bits per heavy atom. The first-order valence-corrected chi connectivity index (χ1v) is 8.91. The zero-order chi connectivity index (χ0) is 16.6. The van der Waals surface area contributed by atoms with Crippen molar-refractivity contribution in [2.24, 2.45) is 34.3 Å². The molecule has 0 spiro atoms. The highest BCUT2D eigenvalue weighted by Crippen LogP contribution is 2.66. The minimum atomic E-state index is -1.32. The summed E-state index contributed by atoms with van der Waals surface area (Å²) in [6, 6.07) is -0.264. The number of allylic oxidation sites excluding steroid dienone is 3. The van der Waals surface area contributed by atoms with Crippen molar-refractivity contribution in [3.63, 3.8) is 0 Å². The number of rotatable bonds is 0. The molecule has 2 fully saturated rings. The number of alkyl halides is 1. The molecule has 4 N–H and O–H groups in total. The Hall–Kier alpha value is -0.710. The molecule has 4 heteroatoms. The molecule has 0 aliphatic heterocycles. The van der Waals surface area contributed by atoms with E-state index in [-0.39, 0.29) is 29.2 Å². The van der Waals surface area contributed by atoms with E-state index >= 15 is 4.39 Å². The van der Waals surface area contributed by atoms with Gasteiger partial charge in [0.15, 0.2) is 0 Å². The van der Waals surface area contributed by atoms with Crippen molar-refractivity contribution in [3.05, 3.63) is 24.3 Å². The highest BCUT2D eigenvalue weighted by Gasteiger charge is 2.67. The van der Waals surface area contributed by atoms with Crippen LogP contribution < -0.4 is 5.73 Å². The van der Waals surface area contributed by atoms with Crippen LogP contribution in [0.3, 0.4) is 0 Å². The lowest BCUT2D eigenvalue weighted by molar-refractivity contribution is -0.122. The molecule has 0 bridgehead atoms. The van der Waals surface area contributed by atoms with Crippen LogP contribution in [0.25, 0.3) is 0 Å². The summed E-state index contributed by atoms with van der Waals surface area (Å²) in [6.45, 7) is 4.13. The molecule has 1 unspecified atom stereocenters. The summed E-state index contributed by atoms with van der Waals surface area (Å²) in [5.74, 6) is -0.0841. The second-order valence-corrected chi connectivity index (χ2v) is 8.77.